The molecule has 19 heavy (non-hydrogen) atoms. The first-order chi connectivity index (χ1) is 9.03. The van der Waals surface area contributed by atoms with Crippen LogP contribution in [0.5, 0.6) is 0 Å². The highest BCUT2D eigenvalue weighted by Crippen LogP contribution is 2.02. The summed E-state index contributed by atoms with van der Waals surface area (Å²) in [5.41, 5.74) is 0.790. The number of benzene rings is 1. The molecule has 0 amide bonds. The van der Waals surface area contributed by atoms with Crippen LogP contribution in [-0.2, 0) is 19.6 Å². The van der Waals surface area contributed by atoms with Crippen molar-refractivity contribution in [1.82, 2.24) is 4.72 Å². The van der Waals surface area contributed by atoms with Crippen LogP contribution in [0.25, 0.3) is 6.08 Å². The van der Waals surface area contributed by atoms with Gasteiger partial charge < -0.3 is 4.74 Å². The molecule has 5 nitrogen and oxygen atoms in total. The summed E-state index contributed by atoms with van der Waals surface area (Å²) in [6.45, 7) is 2.02. The number of rotatable bonds is 7. The predicted octanol–water partition coefficient (Wildman–Crippen LogP) is 1.53. The van der Waals surface area contributed by atoms with Crippen LogP contribution >= 0.6 is 0 Å². The number of sulfonamides is 1. The van der Waals surface area contributed by atoms with Gasteiger partial charge in [-0.05, 0) is 18.6 Å². The summed E-state index contributed by atoms with van der Waals surface area (Å²) in [6, 6.07) is 9.08. The third-order valence-electron chi connectivity index (χ3n) is 2.18. The fourth-order valence-electron chi connectivity index (χ4n) is 1.31. The van der Waals surface area contributed by atoms with Gasteiger partial charge in [0, 0.05) is 12.0 Å². The molecule has 0 heterocycles. The van der Waals surface area contributed by atoms with E-state index >= 15 is 0 Å². The van der Waals surface area contributed by atoms with Gasteiger partial charge in [0.25, 0.3) is 0 Å². The van der Waals surface area contributed by atoms with Crippen molar-refractivity contribution in [1.29, 1.82) is 0 Å². The molecule has 1 rings (SSSR count). The van der Waals surface area contributed by atoms with E-state index in [1.807, 2.05) is 18.2 Å². The molecule has 0 spiro atoms. The molecule has 0 aliphatic carbocycles. The molecule has 0 unspecified atom stereocenters. The van der Waals surface area contributed by atoms with E-state index in [0.717, 1.165) is 11.0 Å². The molecule has 0 aliphatic heterocycles. The molecular weight excluding hydrogens is 266 g/mol. The lowest BCUT2D eigenvalue weighted by Gasteiger charge is -2.03. The van der Waals surface area contributed by atoms with Crippen molar-refractivity contribution in [3.8, 4) is 0 Å². The van der Waals surface area contributed by atoms with Gasteiger partial charge in [0.15, 0.2) is 0 Å². The van der Waals surface area contributed by atoms with Gasteiger partial charge in [0.2, 0.25) is 10.0 Å². The molecule has 0 aromatic heterocycles. The fraction of sp³-hybridized carbons (Fsp3) is 0.308. The SMILES string of the molecule is CCOC(=O)CCNS(=O)(=O)C=Cc1ccccc1. The molecular formula is C13H17NO4S. The summed E-state index contributed by atoms with van der Waals surface area (Å²) in [5.74, 6) is -0.419. The first-order valence-corrected chi connectivity index (χ1v) is 7.46. The van der Waals surface area contributed by atoms with E-state index in [1.54, 1.807) is 19.1 Å². The van der Waals surface area contributed by atoms with Crippen molar-refractivity contribution >= 4 is 22.1 Å². The maximum absolute atomic E-state index is 11.6. The van der Waals surface area contributed by atoms with Gasteiger partial charge >= 0.3 is 5.97 Å². The summed E-state index contributed by atoms with van der Waals surface area (Å²) < 4.78 is 30.2. The van der Waals surface area contributed by atoms with Crippen LogP contribution in [0, 0.1) is 0 Å². The van der Waals surface area contributed by atoms with Gasteiger partial charge in [0.05, 0.1) is 13.0 Å². The van der Waals surface area contributed by atoms with Crippen molar-refractivity contribution in [3.05, 3.63) is 41.3 Å². The lowest BCUT2D eigenvalue weighted by Crippen LogP contribution is -2.24. The Morgan fingerprint density at radius 2 is 2.00 bits per heavy atom. The highest BCUT2D eigenvalue weighted by molar-refractivity contribution is 7.92. The zero-order valence-corrected chi connectivity index (χ0v) is 11.5. The number of carbonyl (C=O) groups excluding carboxylic acids is 1. The van der Waals surface area contributed by atoms with Gasteiger partial charge in [-0.3, -0.25) is 4.79 Å². The van der Waals surface area contributed by atoms with Gasteiger partial charge in [-0.15, -0.1) is 0 Å². The van der Waals surface area contributed by atoms with E-state index in [9.17, 15) is 13.2 Å². The molecule has 0 saturated heterocycles. The number of hydrogen-bond donors (Lipinski definition) is 1. The van der Waals surface area contributed by atoms with Gasteiger partial charge in [-0.2, -0.15) is 0 Å². The van der Waals surface area contributed by atoms with E-state index in [0.29, 0.717) is 6.61 Å². The molecule has 0 atom stereocenters. The summed E-state index contributed by atoms with van der Waals surface area (Å²) in [5, 5.41) is 1.08. The maximum atomic E-state index is 11.6. The third-order valence-corrected chi connectivity index (χ3v) is 3.28. The molecule has 1 N–H and O–H groups in total. The van der Waals surface area contributed by atoms with Crippen LogP contribution in [0.4, 0.5) is 0 Å². The molecule has 0 fully saturated rings. The second-order valence-corrected chi connectivity index (χ2v) is 5.36. The minimum absolute atomic E-state index is 0.0201. The molecule has 104 valence electrons. The Hall–Kier alpha value is -1.66. The monoisotopic (exact) mass is 283 g/mol. The quantitative estimate of drug-likeness (QED) is 0.770. The van der Waals surface area contributed by atoms with Crippen LogP contribution in [0.2, 0.25) is 0 Å². The summed E-state index contributed by atoms with van der Waals surface area (Å²) in [7, 11) is -3.53. The van der Waals surface area contributed by atoms with Gasteiger partial charge in [-0.1, -0.05) is 30.3 Å². The van der Waals surface area contributed by atoms with Crippen LogP contribution in [-0.4, -0.2) is 27.5 Å². The molecule has 1 aromatic carbocycles. The van der Waals surface area contributed by atoms with Crippen molar-refractivity contribution < 1.29 is 17.9 Å². The highest BCUT2D eigenvalue weighted by atomic mass is 32.2. The molecule has 0 bridgehead atoms. The first kappa shape index (κ1) is 15.4. The Labute approximate surface area is 113 Å². The van der Waals surface area contributed by atoms with E-state index in [2.05, 4.69) is 4.72 Å². The van der Waals surface area contributed by atoms with Crippen molar-refractivity contribution in [3.63, 3.8) is 0 Å². The van der Waals surface area contributed by atoms with Crippen molar-refractivity contribution in [2.75, 3.05) is 13.2 Å². The maximum Gasteiger partial charge on any atom is 0.307 e. The molecule has 1 aromatic rings. The Kier molecular flexibility index (Phi) is 6.24. The van der Waals surface area contributed by atoms with Crippen LogP contribution < -0.4 is 4.72 Å². The van der Waals surface area contributed by atoms with E-state index in [-0.39, 0.29) is 13.0 Å². The lowest BCUT2D eigenvalue weighted by atomic mass is 10.2. The van der Waals surface area contributed by atoms with Crippen molar-refractivity contribution in [2.24, 2.45) is 0 Å². The standard InChI is InChI=1S/C13H17NO4S/c1-2-18-13(15)8-10-14-19(16,17)11-9-12-6-4-3-5-7-12/h3-7,9,11,14H,2,8,10H2,1H3. The first-order valence-electron chi connectivity index (χ1n) is 5.92. The zero-order chi connectivity index (χ0) is 14.1. The van der Waals surface area contributed by atoms with E-state index in [1.165, 1.54) is 6.08 Å². The summed E-state index contributed by atoms with van der Waals surface area (Å²) in [6.07, 6.45) is 1.51. The number of ether oxygens (including phenoxy) is 1. The normalized spacial score (nSPS) is 11.6. The lowest BCUT2D eigenvalue weighted by molar-refractivity contribution is -0.142. The second-order valence-electron chi connectivity index (χ2n) is 3.71. The number of nitrogens with one attached hydrogen (secondary N) is 1. The number of hydrogen-bond acceptors (Lipinski definition) is 4. The molecule has 6 heteroatoms. The molecule has 0 aliphatic rings. The molecule has 0 radical (unpaired) electrons. The Balaban J connectivity index is 2.44. The zero-order valence-electron chi connectivity index (χ0n) is 10.7. The van der Waals surface area contributed by atoms with E-state index in [4.69, 9.17) is 4.74 Å². The average molecular weight is 283 g/mol. The number of esters is 1. The van der Waals surface area contributed by atoms with Crippen LogP contribution in [0.3, 0.4) is 0 Å². The average Bonchev–Trinajstić information content (AvgIpc) is 2.38. The smallest absolute Gasteiger partial charge is 0.307 e. The van der Waals surface area contributed by atoms with Gasteiger partial charge in [-0.25, -0.2) is 13.1 Å². The third kappa shape index (κ3) is 6.73. The predicted molar refractivity (Wildman–Crippen MR) is 73.6 cm³/mol. The number of carbonyl (C=O) groups is 1. The van der Waals surface area contributed by atoms with Gasteiger partial charge in [0.1, 0.15) is 0 Å². The second kappa shape index (κ2) is 7.70. The van der Waals surface area contributed by atoms with Crippen LogP contribution in [0.15, 0.2) is 35.7 Å². The summed E-state index contributed by atoms with van der Waals surface area (Å²) in [4.78, 5) is 11.0. The molecule has 0 saturated carbocycles. The Morgan fingerprint density at radius 3 is 2.63 bits per heavy atom. The topological polar surface area (TPSA) is 72.5 Å². The highest BCUT2D eigenvalue weighted by Gasteiger charge is 2.07. The Bertz CT molecular complexity index is 523. The van der Waals surface area contributed by atoms with Crippen LogP contribution in [0.1, 0.15) is 18.9 Å². The largest absolute Gasteiger partial charge is 0.466 e. The minimum Gasteiger partial charge on any atom is -0.466 e. The fourth-order valence-corrected chi connectivity index (χ4v) is 2.13. The minimum atomic E-state index is -3.53. The van der Waals surface area contributed by atoms with Crippen molar-refractivity contribution in [2.45, 2.75) is 13.3 Å². The summed E-state index contributed by atoms with van der Waals surface area (Å²) >= 11 is 0. The van der Waals surface area contributed by atoms with E-state index < -0.39 is 16.0 Å². The Morgan fingerprint density at radius 1 is 1.32 bits per heavy atom.